The molecule has 0 amide bonds. The van der Waals surface area contributed by atoms with Crippen molar-refractivity contribution in [2.24, 2.45) is 0 Å². The number of carbonyl (C=O) groups is 1. The quantitative estimate of drug-likeness (QED) is 0.736. The van der Waals surface area contributed by atoms with Crippen LogP contribution in [0.1, 0.15) is 47.4 Å². The van der Waals surface area contributed by atoms with Crippen LogP contribution in [0.15, 0.2) is 18.3 Å². The molecule has 1 fully saturated rings. The molecule has 0 unspecified atom stereocenters. The molecule has 1 aliphatic rings. The van der Waals surface area contributed by atoms with Gasteiger partial charge >= 0.3 is 0 Å². The number of aldehydes is 1. The van der Waals surface area contributed by atoms with Crippen LogP contribution in [0.4, 0.5) is 0 Å². The average molecular weight is 214 g/mol. The summed E-state index contributed by atoms with van der Waals surface area (Å²) in [5, 5.41) is 0. The number of hydrogen-bond acceptors (Lipinski definition) is 2. The molecule has 2 aromatic rings. The predicted octanol–water partition coefficient (Wildman–Crippen LogP) is 2.59. The van der Waals surface area contributed by atoms with Gasteiger partial charge in [0, 0.05) is 12.1 Å². The first-order chi connectivity index (χ1) is 7.85. The fourth-order valence-electron chi connectivity index (χ4n) is 2.21. The van der Waals surface area contributed by atoms with Crippen molar-refractivity contribution < 1.29 is 4.79 Å². The number of fused-ring (bicyclic) bond motifs is 1. The van der Waals surface area contributed by atoms with Gasteiger partial charge in [0.05, 0.1) is 5.69 Å². The van der Waals surface area contributed by atoms with Crippen LogP contribution in [0.3, 0.4) is 0 Å². The van der Waals surface area contributed by atoms with Gasteiger partial charge in [-0.3, -0.25) is 9.20 Å². The van der Waals surface area contributed by atoms with Crippen LogP contribution in [0.5, 0.6) is 0 Å². The smallest absolute Gasteiger partial charge is 0.168 e. The van der Waals surface area contributed by atoms with Gasteiger partial charge in [0.2, 0.25) is 0 Å². The molecule has 16 heavy (non-hydrogen) atoms. The van der Waals surface area contributed by atoms with E-state index in [9.17, 15) is 4.79 Å². The molecule has 0 saturated heterocycles. The lowest BCUT2D eigenvalue weighted by Crippen LogP contribution is -1.94. The van der Waals surface area contributed by atoms with E-state index in [0.29, 0.717) is 5.92 Å². The van der Waals surface area contributed by atoms with E-state index in [4.69, 9.17) is 0 Å². The van der Waals surface area contributed by atoms with Gasteiger partial charge in [-0.25, -0.2) is 4.98 Å². The Balaban J connectivity index is 2.31. The fraction of sp³-hybridized carbons (Fsp3) is 0.385. The van der Waals surface area contributed by atoms with E-state index < -0.39 is 0 Å². The number of aromatic nitrogens is 2. The predicted molar refractivity (Wildman–Crippen MR) is 61.9 cm³/mol. The summed E-state index contributed by atoms with van der Waals surface area (Å²) in [6, 6.07) is 4.06. The first-order valence-electron chi connectivity index (χ1n) is 5.80. The normalized spacial score (nSPS) is 15.6. The molecule has 1 aliphatic carbocycles. The maximum atomic E-state index is 11.2. The average Bonchev–Trinajstić information content (AvgIpc) is 3.09. The lowest BCUT2D eigenvalue weighted by Gasteiger charge is -1.99. The Hall–Kier alpha value is -1.64. The molecule has 0 bridgehead atoms. The van der Waals surface area contributed by atoms with Gasteiger partial charge in [-0.05, 0) is 30.9 Å². The van der Waals surface area contributed by atoms with Gasteiger partial charge in [0.15, 0.2) is 6.29 Å². The summed E-state index contributed by atoms with van der Waals surface area (Å²) >= 11 is 0. The lowest BCUT2D eigenvalue weighted by molar-refractivity contribution is 0.111. The summed E-state index contributed by atoms with van der Waals surface area (Å²) in [5.41, 5.74) is 3.90. The van der Waals surface area contributed by atoms with Crippen LogP contribution in [0, 0.1) is 0 Å². The summed E-state index contributed by atoms with van der Waals surface area (Å²) in [6.45, 7) is 2.11. The molecule has 0 atom stereocenters. The van der Waals surface area contributed by atoms with Crippen LogP contribution in [-0.4, -0.2) is 15.7 Å². The summed E-state index contributed by atoms with van der Waals surface area (Å²) in [4.78, 5) is 15.8. The number of hydrogen-bond donors (Lipinski definition) is 0. The molecule has 0 aliphatic heterocycles. The van der Waals surface area contributed by atoms with Gasteiger partial charge in [-0.15, -0.1) is 0 Å². The van der Waals surface area contributed by atoms with E-state index >= 15 is 0 Å². The van der Waals surface area contributed by atoms with Gasteiger partial charge in [0.25, 0.3) is 0 Å². The highest BCUT2D eigenvalue weighted by atomic mass is 16.1. The molecule has 1 saturated carbocycles. The molecule has 82 valence electrons. The van der Waals surface area contributed by atoms with Crippen LogP contribution >= 0.6 is 0 Å². The molecule has 0 spiro atoms. The zero-order valence-corrected chi connectivity index (χ0v) is 9.31. The SMILES string of the molecule is CCc1cccn2c(C=O)c(C3CC3)nc12. The number of carbonyl (C=O) groups excluding carboxylic acids is 1. The standard InChI is InChI=1S/C13H14N2O/c1-2-9-4-3-7-15-11(8-16)12(10-5-6-10)14-13(9)15/h3-4,7-8,10H,2,5-6H2,1H3. The van der Waals surface area contributed by atoms with E-state index in [-0.39, 0.29) is 0 Å². The van der Waals surface area contributed by atoms with E-state index in [0.717, 1.165) is 29.7 Å². The molecule has 0 aromatic carbocycles. The Bertz CT molecular complexity index is 552. The van der Waals surface area contributed by atoms with Crippen LogP contribution in [0.25, 0.3) is 5.65 Å². The second-order valence-electron chi connectivity index (χ2n) is 4.35. The van der Waals surface area contributed by atoms with Gasteiger partial charge in [0.1, 0.15) is 11.3 Å². The third-order valence-electron chi connectivity index (χ3n) is 3.25. The van der Waals surface area contributed by atoms with Crippen LogP contribution in [0.2, 0.25) is 0 Å². The highest BCUT2D eigenvalue weighted by Crippen LogP contribution is 2.41. The van der Waals surface area contributed by atoms with Crippen molar-refractivity contribution in [3.05, 3.63) is 35.3 Å². The minimum absolute atomic E-state index is 0.518. The molecular formula is C13H14N2O. The number of rotatable bonds is 3. The van der Waals surface area contributed by atoms with Crippen LogP contribution < -0.4 is 0 Å². The highest BCUT2D eigenvalue weighted by Gasteiger charge is 2.30. The van der Waals surface area contributed by atoms with E-state index in [1.807, 2.05) is 16.7 Å². The van der Waals surface area contributed by atoms with E-state index in [1.165, 1.54) is 18.4 Å². The highest BCUT2D eigenvalue weighted by molar-refractivity contribution is 5.77. The van der Waals surface area contributed by atoms with Gasteiger partial charge in [-0.1, -0.05) is 13.0 Å². The van der Waals surface area contributed by atoms with Crippen LogP contribution in [-0.2, 0) is 6.42 Å². The number of pyridine rings is 1. The topological polar surface area (TPSA) is 34.4 Å². The van der Waals surface area contributed by atoms with Crippen molar-refractivity contribution >= 4 is 11.9 Å². The van der Waals surface area contributed by atoms with Crippen molar-refractivity contribution in [3.8, 4) is 0 Å². The maximum absolute atomic E-state index is 11.2. The minimum atomic E-state index is 0.518. The molecular weight excluding hydrogens is 200 g/mol. The Morgan fingerprint density at radius 2 is 2.38 bits per heavy atom. The number of imidazole rings is 1. The Kier molecular flexibility index (Phi) is 2.06. The van der Waals surface area contributed by atoms with Crippen molar-refractivity contribution in [1.82, 2.24) is 9.38 Å². The van der Waals surface area contributed by atoms with Crippen molar-refractivity contribution in [2.45, 2.75) is 32.1 Å². The Morgan fingerprint density at radius 3 is 3.00 bits per heavy atom. The molecule has 2 heterocycles. The van der Waals surface area contributed by atoms with Crippen molar-refractivity contribution in [3.63, 3.8) is 0 Å². The monoisotopic (exact) mass is 214 g/mol. The van der Waals surface area contributed by atoms with Crippen molar-refractivity contribution in [2.75, 3.05) is 0 Å². The third kappa shape index (κ3) is 1.28. The molecule has 3 rings (SSSR count). The summed E-state index contributed by atoms with van der Waals surface area (Å²) < 4.78 is 1.93. The second-order valence-corrected chi connectivity index (χ2v) is 4.35. The molecule has 0 radical (unpaired) electrons. The van der Waals surface area contributed by atoms with Crippen molar-refractivity contribution in [1.29, 1.82) is 0 Å². The van der Waals surface area contributed by atoms with Gasteiger partial charge < -0.3 is 0 Å². The van der Waals surface area contributed by atoms with Gasteiger partial charge in [-0.2, -0.15) is 0 Å². The van der Waals surface area contributed by atoms with E-state index in [1.54, 1.807) is 0 Å². The zero-order chi connectivity index (χ0) is 11.1. The zero-order valence-electron chi connectivity index (χ0n) is 9.31. The first kappa shape index (κ1) is 9.58. The lowest BCUT2D eigenvalue weighted by atomic mass is 10.2. The molecule has 0 N–H and O–H groups in total. The fourth-order valence-corrected chi connectivity index (χ4v) is 2.21. The third-order valence-corrected chi connectivity index (χ3v) is 3.25. The Labute approximate surface area is 94.1 Å². The summed E-state index contributed by atoms with van der Waals surface area (Å²) in [6.07, 6.45) is 6.16. The number of aryl methyl sites for hydroxylation is 1. The summed E-state index contributed by atoms with van der Waals surface area (Å²) in [5.74, 6) is 0.518. The molecule has 3 heteroatoms. The Morgan fingerprint density at radius 1 is 1.56 bits per heavy atom. The minimum Gasteiger partial charge on any atom is -0.297 e. The van der Waals surface area contributed by atoms with E-state index in [2.05, 4.69) is 18.0 Å². The number of nitrogens with zero attached hydrogens (tertiary/aromatic N) is 2. The largest absolute Gasteiger partial charge is 0.297 e. The summed E-state index contributed by atoms with van der Waals surface area (Å²) in [7, 11) is 0. The molecule has 3 nitrogen and oxygen atoms in total. The first-order valence-corrected chi connectivity index (χ1v) is 5.80. The maximum Gasteiger partial charge on any atom is 0.168 e. The molecule has 2 aromatic heterocycles. The second kappa shape index (κ2) is 3.44.